The van der Waals surface area contributed by atoms with Crippen molar-refractivity contribution < 1.29 is 197 Å². The standard InChI is InChI=1S/C83H156O40/c1-6-10-14-18-22-26-105-37-50(38-106-27-23-19-15-11-7-2)41-109-43-52(44-110-42-51(39-107-28-24-20-16-12-8-3)40-108-29-25-21-17-13-9-4)45-111-46-83(47-112-76-71(101)66(96)73(57(35-88)119-76)122-79-69(99)64(94)61(91)55(33-86)117-79,48-113-77-72(102)67(97)74(58(36-89)120-77)123-80-70(100)65(95)62(92)56(34-87)118-80)49-114-81-75(103)82(5,104)59(30-53(31-84)115-81)121-78-68(98)63(93)60(90)54(32-85)116-78/h50-81,84-104H,6-49H2,1-5H3/t53?,54?,55?,56?,57?,58?,59-,60-,61-,62-,63?,64+,65+,66-,67-,68+,69?,70?,71?,72?,73-,74+,75?,76-,77-,78-,79-,80-,81-,82+,83?/m1/s1. The molecule has 0 aromatic carbocycles. The van der Waals surface area contributed by atoms with Gasteiger partial charge >= 0.3 is 0 Å². The molecule has 6 fully saturated rings. The highest BCUT2D eigenvalue weighted by atomic mass is 16.8. The monoisotopic (exact) mass is 1790 g/mol. The van der Waals surface area contributed by atoms with Crippen LogP contribution in [-0.2, 0) is 90.0 Å². The molecule has 0 saturated carbocycles. The molecule has 40 nitrogen and oxygen atoms in total. The van der Waals surface area contributed by atoms with Crippen LogP contribution >= 0.6 is 0 Å². The van der Waals surface area contributed by atoms with Crippen molar-refractivity contribution in [2.24, 2.45) is 23.2 Å². The summed E-state index contributed by atoms with van der Waals surface area (Å²) in [4.78, 5) is 0. The van der Waals surface area contributed by atoms with Gasteiger partial charge in [-0.1, -0.05) is 130 Å². The summed E-state index contributed by atoms with van der Waals surface area (Å²) in [7, 11) is 0. The summed E-state index contributed by atoms with van der Waals surface area (Å²) >= 11 is 0. The quantitative estimate of drug-likeness (QED) is 0.0263. The fraction of sp³-hybridized carbons (Fsp3) is 1.00. The zero-order chi connectivity index (χ0) is 90.0. The Morgan fingerprint density at radius 2 is 0.577 bits per heavy atom. The molecule has 21 N–H and O–H groups in total. The Balaban J connectivity index is 1.42. The van der Waals surface area contributed by atoms with Crippen molar-refractivity contribution in [2.45, 2.75) is 353 Å². The molecule has 31 atom stereocenters. The van der Waals surface area contributed by atoms with Crippen LogP contribution in [0.3, 0.4) is 0 Å². The van der Waals surface area contributed by atoms with E-state index >= 15 is 0 Å². The molecule has 0 amide bonds. The zero-order valence-electron chi connectivity index (χ0n) is 72.7. The van der Waals surface area contributed by atoms with Gasteiger partial charge in [-0.15, -0.1) is 0 Å². The molecule has 0 radical (unpaired) electrons. The SMILES string of the molecule is CCCCCCCOCC(COCCCCCCC)COCC(COCC(COCCCCCCC)COCCCCCCC)COCC(CO[C@@H]1OC(CO)[C@@H](O[C@H]2OC(CO)[C@@H](O)[C@H](O)C2O)[C@H](O)C1O)(CO[C@@H]1OC(CO)[C@H](O[C@H]2OC(CO)[C@@H](O)[C@H](O)C2O)[C@H](O)C1O)CO[C@@H]1OC(CO)C[C@@H](O[C@H]2OC(CO)[C@@H](O)C(O)[C@@H]2O)[C@](C)(O)C1O. The van der Waals surface area contributed by atoms with Crippen LogP contribution in [0, 0.1) is 23.2 Å². The highest BCUT2D eigenvalue weighted by Gasteiger charge is 2.57. The van der Waals surface area contributed by atoms with Gasteiger partial charge in [-0.3, -0.25) is 0 Å². The van der Waals surface area contributed by atoms with Crippen LogP contribution in [0.4, 0.5) is 0 Å². The second-order valence-corrected chi connectivity index (χ2v) is 34.1. The fourth-order valence-corrected chi connectivity index (χ4v) is 15.4. The Morgan fingerprint density at radius 1 is 0.293 bits per heavy atom. The predicted molar refractivity (Wildman–Crippen MR) is 430 cm³/mol. The molecule has 0 aliphatic carbocycles. The van der Waals surface area contributed by atoms with E-state index in [1.54, 1.807) is 0 Å². The number of rotatable bonds is 65. The van der Waals surface area contributed by atoms with Crippen molar-refractivity contribution in [3.8, 4) is 0 Å². The molecule has 13 unspecified atom stereocenters. The normalized spacial score (nSPS) is 35.9. The van der Waals surface area contributed by atoms with Gasteiger partial charge in [0.05, 0.1) is 143 Å². The van der Waals surface area contributed by atoms with Crippen LogP contribution in [0.15, 0.2) is 0 Å². The lowest BCUT2D eigenvalue weighted by Gasteiger charge is -2.47. The number of aliphatic hydroxyl groups excluding tert-OH is 20. The van der Waals surface area contributed by atoms with Crippen LogP contribution in [0.1, 0.15) is 169 Å². The Hall–Kier alpha value is -1.60. The third-order valence-corrected chi connectivity index (χ3v) is 23.4. The van der Waals surface area contributed by atoms with Crippen LogP contribution in [-0.4, -0.2) is 443 Å². The Bertz CT molecular complexity index is 2470. The Kier molecular flexibility index (Phi) is 53.6. The number of hydrogen-bond acceptors (Lipinski definition) is 40. The van der Waals surface area contributed by atoms with Gasteiger partial charge in [0.1, 0.15) is 134 Å². The summed E-state index contributed by atoms with van der Waals surface area (Å²) in [5, 5.41) is 233. The molecular weight excluding hydrogens is 1640 g/mol. The first-order valence-electron chi connectivity index (χ1n) is 44.9. The van der Waals surface area contributed by atoms with E-state index in [0.717, 1.165) is 135 Å². The summed E-state index contributed by atoms with van der Waals surface area (Å²) in [5.41, 5.74) is -4.66. The van der Waals surface area contributed by atoms with Crippen molar-refractivity contribution in [3.63, 3.8) is 0 Å². The molecule has 0 aromatic rings. The minimum Gasteiger partial charge on any atom is -0.394 e. The molecule has 123 heavy (non-hydrogen) atoms. The van der Waals surface area contributed by atoms with Gasteiger partial charge in [0.15, 0.2) is 37.7 Å². The van der Waals surface area contributed by atoms with Gasteiger partial charge in [0, 0.05) is 50.6 Å². The van der Waals surface area contributed by atoms with E-state index in [0.29, 0.717) is 52.9 Å². The summed E-state index contributed by atoms with van der Waals surface area (Å²) in [5.74, 6) is -1.13. The highest BCUT2D eigenvalue weighted by molar-refractivity contribution is 5.01. The number of unbranched alkanes of at least 4 members (excludes halogenated alkanes) is 16. The van der Waals surface area contributed by atoms with Crippen LogP contribution in [0.2, 0.25) is 0 Å². The van der Waals surface area contributed by atoms with Crippen molar-refractivity contribution in [3.05, 3.63) is 0 Å². The molecule has 0 spiro atoms. The molecule has 728 valence electrons. The summed E-state index contributed by atoms with van der Waals surface area (Å²) in [6.07, 6.45) is -34.9. The molecule has 0 bridgehead atoms. The van der Waals surface area contributed by atoms with Gasteiger partial charge < -0.3 is 197 Å². The lowest BCUT2D eigenvalue weighted by atomic mass is 9.88. The van der Waals surface area contributed by atoms with E-state index in [-0.39, 0.29) is 44.9 Å². The average Bonchev–Trinajstić information content (AvgIpc) is 1.59. The molecule has 40 heteroatoms. The number of ether oxygens (including phenoxy) is 19. The van der Waals surface area contributed by atoms with Crippen LogP contribution in [0.25, 0.3) is 0 Å². The number of hydrogen-bond donors (Lipinski definition) is 21. The van der Waals surface area contributed by atoms with Crippen LogP contribution in [0.5, 0.6) is 0 Å². The largest absolute Gasteiger partial charge is 0.394 e. The van der Waals surface area contributed by atoms with Crippen LogP contribution < -0.4 is 0 Å². The van der Waals surface area contributed by atoms with E-state index in [1.807, 2.05) is 0 Å². The lowest BCUT2D eigenvalue weighted by molar-refractivity contribution is -0.367. The maximum Gasteiger partial charge on any atom is 0.187 e. The highest BCUT2D eigenvalue weighted by Crippen LogP contribution is 2.39. The number of aliphatic hydroxyl groups is 21. The maximum absolute atomic E-state index is 12.5. The average molecular weight is 1790 g/mol. The molecule has 6 heterocycles. The first-order chi connectivity index (χ1) is 59.2. The van der Waals surface area contributed by atoms with Gasteiger partial charge in [0.2, 0.25) is 0 Å². The zero-order valence-corrected chi connectivity index (χ0v) is 72.7. The van der Waals surface area contributed by atoms with Gasteiger partial charge in [-0.25, -0.2) is 0 Å². The van der Waals surface area contributed by atoms with Crippen molar-refractivity contribution in [2.75, 3.05) is 152 Å². The van der Waals surface area contributed by atoms with Crippen molar-refractivity contribution in [1.82, 2.24) is 0 Å². The van der Waals surface area contributed by atoms with E-state index in [9.17, 15) is 107 Å². The third kappa shape index (κ3) is 35.1. The molecule has 6 saturated heterocycles. The molecule has 6 rings (SSSR count). The summed E-state index contributed by atoms with van der Waals surface area (Å²) < 4.78 is 117. The second kappa shape index (κ2) is 59.8. The Labute approximate surface area is 722 Å². The summed E-state index contributed by atoms with van der Waals surface area (Å²) in [6.45, 7) is 4.22. The summed E-state index contributed by atoms with van der Waals surface area (Å²) in [6, 6.07) is 0. The topological polar surface area (TPSA) is 600 Å². The lowest BCUT2D eigenvalue weighted by Crippen LogP contribution is -2.65. The molecule has 0 aromatic heterocycles. The van der Waals surface area contributed by atoms with E-state index in [1.165, 1.54) is 0 Å². The van der Waals surface area contributed by atoms with E-state index in [2.05, 4.69) is 27.7 Å². The maximum atomic E-state index is 12.5. The third-order valence-electron chi connectivity index (χ3n) is 23.4. The fourth-order valence-electron chi connectivity index (χ4n) is 15.4. The van der Waals surface area contributed by atoms with Gasteiger partial charge in [-0.2, -0.15) is 0 Å². The second-order valence-electron chi connectivity index (χ2n) is 34.1. The van der Waals surface area contributed by atoms with Crippen molar-refractivity contribution in [1.29, 1.82) is 0 Å². The molecule has 6 aliphatic rings. The van der Waals surface area contributed by atoms with E-state index < -0.39 is 268 Å². The first kappa shape index (κ1) is 110. The van der Waals surface area contributed by atoms with Gasteiger partial charge in [0.25, 0.3) is 0 Å². The first-order valence-corrected chi connectivity index (χ1v) is 44.9. The Morgan fingerprint density at radius 3 is 0.894 bits per heavy atom. The molecule has 6 aliphatic heterocycles. The van der Waals surface area contributed by atoms with Gasteiger partial charge in [-0.05, 0) is 32.6 Å². The minimum atomic E-state index is -2.57. The minimum absolute atomic E-state index is 0.0237. The van der Waals surface area contributed by atoms with Crippen molar-refractivity contribution >= 4 is 0 Å². The molecular formula is C83H156O40. The predicted octanol–water partition coefficient (Wildman–Crippen LogP) is -3.48. The van der Waals surface area contributed by atoms with E-state index in [4.69, 9.17) is 90.0 Å². The smallest absolute Gasteiger partial charge is 0.187 e.